The van der Waals surface area contributed by atoms with Crippen LogP contribution in [0.1, 0.15) is 73.8 Å². The topological polar surface area (TPSA) is 29.5 Å². The van der Waals surface area contributed by atoms with Gasteiger partial charge < -0.3 is 9.84 Å². The molecule has 0 saturated carbocycles. The van der Waals surface area contributed by atoms with Crippen LogP contribution in [0.15, 0.2) is 79.4 Å². The van der Waals surface area contributed by atoms with Gasteiger partial charge in [0.05, 0.1) is 12.7 Å². The number of aliphatic hydroxyl groups is 1. The number of hydrogen-bond donors (Lipinski definition) is 1. The molecule has 35 heavy (non-hydrogen) atoms. The van der Waals surface area contributed by atoms with Crippen LogP contribution in [-0.4, -0.2) is 17.8 Å². The highest BCUT2D eigenvalue weighted by atomic mass is 16.5. The zero-order chi connectivity index (χ0) is 24.9. The monoisotopic (exact) mass is 466 g/mol. The second-order valence-corrected chi connectivity index (χ2v) is 9.06. The van der Waals surface area contributed by atoms with Crippen molar-refractivity contribution in [3.05, 3.63) is 107 Å². The Kier molecular flexibility index (Phi) is 10.6. The average Bonchev–Trinajstić information content (AvgIpc) is 2.90. The summed E-state index contributed by atoms with van der Waals surface area (Å²) in [6.45, 7) is 8.24. The molecule has 1 atom stereocenters. The zero-order valence-corrected chi connectivity index (χ0v) is 21.1. The molecule has 0 aliphatic carbocycles. The van der Waals surface area contributed by atoms with Crippen LogP contribution in [0.2, 0.25) is 0 Å². The fourth-order valence-electron chi connectivity index (χ4n) is 3.83. The number of aliphatic hydroxyl groups excluding tert-OH is 1. The van der Waals surface area contributed by atoms with Gasteiger partial charge in [-0.3, -0.25) is 0 Å². The van der Waals surface area contributed by atoms with E-state index < -0.39 is 0 Å². The molecule has 0 saturated heterocycles. The molecule has 0 spiro atoms. The molecule has 0 aliphatic heterocycles. The highest BCUT2D eigenvalue weighted by Crippen LogP contribution is 2.19. The van der Waals surface area contributed by atoms with Crippen molar-refractivity contribution in [1.29, 1.82) is 0 Å². The lowest BCUT2D eigenvalue weighted by Gasteiger charge is -2.14. The Hall–Kier alpha value is -3.36. The van der Waals surface area contributed by atoms with Crippen LogP contribution >= 0.6 is 0 Å². The second-order valence-electron chi connectivity index (χ2n) is 9.06. The third-order valence-corrected chi connectivity index (χ3v) is 6.06. The first-order chi connectivity index (χ1) is 17.1. The Morgan fingerprint density at radius 2 is 1.20 bits per heavy atom. The van der Waals surface area contributed by atoms with E-state index in [1.807, 2.05) is 24.3 Å². The Labute approximate surface area is 211 Å². The van der Waals surface area contributed by atoms with E-state index >= 15 is 0 Å². The minimum absolute atomic E-state index is 0.0196. The molecule has 0 bridgehead atoms. The van der Waals surface area contributed by atoms with E-state index in [-0.39, 0.29) is 12.7 Å². The first-order valence-corrected chi connectivity index (χ1v) is 12.7. The summed E-state index contributed by atoms with van der Waals surface area (Å²) in [5.41, 5.74) is 6.28. The van der Waals surface area contributed by atoms with Gasteiger partial charge in [-0.1, -0.05) is 118 Å². The average molecular weight is 467 g/mol. The van der Waals surface area contributed by atoms with E-state index in [0.717, 1.165) is 45.6 Å². The summed E-state index contributed by atoms with van der Waals surface area (Å²) in [6, 6.07) is 24.9. The van der Waals surface area contributed by atoms with Gasteiger partial charge in [-0.15, -0.1) is 0 Å². The first kappa shape index (κ1) is 26.2. The number of ether oxygens (including phenoxy) is 1. The Balaban J connectivity index is 1.50. The lowest BCUT2D eigenvalue weighted by Crippen LogP contribution is -2.11. The van der Waals surface area contributed by atoms with Gasteiger partial charge in [-0.2, -0.15) is 0 Å². The predicted octanol–water partition coefficient (Wildman–Crippen LogP) is 8.77. The lowest BCUT2D eigenvalue weighted by atomic mass is 10.0. The highest BCUT2D eigenvalue weighted by molar-refractivity contribution is 5.74. The molecule has 3 aromatic carbocycles. The third-order valence-electron chi connectivity index (χ3n) is 6.06. The lowest BCUT2D eigenvalue weighted by molar-refractivity contribution is 0.206. The van der Waals surface area contributed by atoms with Crippen molar-refractivity contribution < 1.29 is 9.84 Å². The molecule has 3 rings (SSSR count). The first-order valence-electron chi connectivity index (χ1n) is 12.7. The van der Waals surface area contributed by atoms with Gasteiger partial charge in [0.2, 0.25) is 0 Å². The Bertz CT molecular complexity index is 1090. The zero-order valence-electron chi connectivity index (χ0n) is 21.1. The summed E-state index contributed by atoms with van der Waals surface area (Å²) in [6.07, 6.45) is 14.9. The minimum Gasteiger partial charge on any atom is -0.491 e. The van der Waals surface area contributed by atoms with Gasteiger partial charge in [0.15, 0.2) is 0 Å². The van der Waals surface area contributed by atoms with Gasteiger partial charge in [0.25, 0.3) is 0 Å². The summed E-state index contributed by atoms with van der Waals surface area (Å²) >= 11 is 0. The molecule has 0 aliphatic rings. The quantitative estimate of drug-likeness (QED) is 0.201. The molecular weight excluding hydrogens is 428 g/mol. The molecule has 3 aromatic rings. The van der Waals surface area contributed by atoms with Crippen molar-refractivity contribution in [3.63, 3.8) is 0 Å². The van der Waals surface area contributed by atoms with Crippen LogP contribution in [0.25, 0.3) is 29.9 Å². The van der Waals surface area contributed by atoms with Crippen LogP contribution in [0.5, 0.6) is 5.75 Å². The predicted molar refractivity (Wildman–Crippen MR) is 152 cm³/mol. The maximum absolute atomic E-state index is 9.19. The number of rotatable bonds is 13. The molecule has 0 heterocycles. The number of hydrogen-bond acceptors (Lipinski definition) is 2. The second kappa shape index (κ2) is 14.1. The number of unbranched alkanes of at least 4 members (excludes halogenated alkanes) is 3. The summed E-state index contributed by atoms with van der Waals surface area (Å²) < 4.78 is 6.06. The molecule has 0 radical (unpaired) electrons. The van der Waals surface area contributed by atoms with Gasteiger partial charge in [0, 0.05) is 0 Å². The molecule has 2 heteroatoms. The summed E-state index contributed by atoms with van der Waals surface area (Å²) in [7, 11) is 0. The van der Waals surface area contributed by atoms with Crippen molar-refractivity contribution >= 4 is 29.9 Å². The van der Waals surface area contributed by atoms with E-state index in [1.54, 1.807) is 0 Å². The van der Waals surface area contributed by atoms with Gasteiger partial charge in [0.1, 0.15) is 5.75 Å². The third kappa shape index (κ3) is 9.07. The van der Waals surface area contributed by atoms with E-state index in [1.165, 1.54) is 25.7 Å². The van der Waals surface area contributed by atoms with Gasteiger partial charge in [-0.25, -0.2) is 0 Å². The largest absolute Gasteiger partial charge is 0.491 e. The Morgan fingerprint density at radius 1 is 0.743 bits per heavy atom. The van der Waals surface area contributed by atoms with Crippen molar-refractivity contribution in [2.75, 3.05) is 6.61 Å². The minimum atomic E-state index is -0.0196. The molecule has 0 amide bonds. The smallest absolute Gasteiger partial charge is 0.119 e. The summed E-state index contributed by atoms with van der Waals surface area (Å²) in [5.74, 6) is 0.939. The van der Waals surface area contributed by atoms with E-state index in [0.29, 0.717) is 0 Å². The van der Waals surface area contributed by atoms with Crippen molar-refractivity contribution in [1.82, 2.24) is 0 Å². The van der Waals surface area contributed by atoms with Crippen molar-refractivity contribution in [2.24, 2.45) is 0 Å². The fraction of sp³-hybridized carbons (Fsp3) is 0.273. The molecule has 1 N–H and O–H groups in total. The Morgan fingerprint density at radius 3 is 1.66 bits per heavy atom. The molecule has 1 unspecified atom stereocenters. The highest BCUT2D eigenvalue weighted by Gasteiger charge is 2.04. The van der Waals surface area contributed by atoms with Crippen LogP contribution in [0, 0.1) is 0 Å². The fourth-order valence-corrected chi connectivity index (χ4v) is 3.83. The summed E-state index contributed by atoms with van der Waals surface area (Å²) in [4.78, 5) is 0. The van der Waals surface area contributed by atoms with Crippen LogP contribution in [0.4, 0.5) is 0 Å². The van der Waals surface area contributed by atoms with Gasteiger partial charge in [-0.05, 0) is 65.3 Å². The van der Waals surface area contributed by atoms with Crippen molar-refractivity contribution in [2.45, 2.75) is 52.1 Å². The standard InChI is InChI=1S/C33H38O2/c1-4-5-6-7-8-27(3)35-33-23-19-31(20-24-33)16-14-29-11-9-28(10-12-29)13-15-30-17-21-32(22-18-30)26(2)25-34/h9-24,27,34H,2,4-8,25H2,1,3H3. The van der Waals surface area contributed by atoms with Gasteiger partial charge >= 0.3 is 0 Å². The van der Waals surface area contributed by atoms with Crippen LogP contribution in [-0.2, 0) is 0 Å². The van der Waals surface area contributed by atoms with Crippen LogP contribution in [0.3, 0.4) is 0 Å². The van der Waals surface area contributed by atoms with Crippen molar-refractivity contribution in [3.8, 4) is 5.75 Å². The van der Waals surface area contributed by atoms with E-state index in [2.05, 4.69) is 93.3 Å². The SMILES string of the molecule is C=C(CO)c1ccc(C=Cc2ccc(C=Cc3ccc(OC(C)CCCCCC)cc3)cc2)cc1. The number of benzene rings is 3. The summed E-state index contributed by atoms with van der Waals surface area (Å²) in [5, 5.41) is 9.19. The maximum atomic E-state index is 9.19. The molecule has 182 valence electrons. The van der Waals surface area contributed by atoms with E-state index in [4.69, 9.17) is 4.74 Å². The molecule has 0 fully saturated rings. The van der Waals surface area contributed by atoms with Crippen LogP contribution < -0.4 is 4.74 Å². The molecule has 2 nitrogen and oxygen atoms in total. The molecule has 0 aromatic heterocycles. The molecular formula is C33H38O2. The van der Waals surface area contributed by atoms with E-state index in [9.17, 15) is 5.11 Å². The maximum Gasteiger partial charge on any atom is 0.119 e. The normalized spacial score (nSPS) is 12.3.